The van der Waals surface area contributed by atoms with Crippen molar-refractivity contribution >= 4 is 5.78 Å². The molecule has 14 unspecified atom stereocenters. The SMILES string of the molecule is COc1cc(C2CC(=O)CC3(O)CCC45CC6C=CC(CCO)C7=CC8CCCC89CC76C6CC9c7cc(O)c(O)cc7C64C3C(C#CC2Cc2ccccc2)CN5)c(CO)cc1O. The molecule has 7 N–H and O–H groups in total. The number of hydrogen-bond acceptors (Lipinski definition) is 9. The number of aliphatic hydroxyl groups excluding tert-OH is 2. The average Bonchev–Trinajstić information content (AvgIpc) is 3.69. The van der Waals surface area contributed by atoms with Gasteiger partial charge in [-0.3, -0.25) is 4.79 Å². The second-order valence-corrected chi connectivity index (χ2v) is 21.7. The molecule has 8 aliphatic carbocycles. The first-order chi connectivity index (χ1) is 30.9. The lowest BCUT2D eigenvalue weighted by molar-refractivity contribution is -0.245. The molecule has 0 aromatic heterocycles. The maximum Gasteiger partial charge on any atom is 0.160 e. The second kappa shape index (κ2) is 14.2. The molecule has 0 radical (unpaired) electrons. The highest BCUT2D eigenvalue weighted by Gasteiger charge is 2.82. The van der Waals surface area contributed by atoms with Gasteiger partial charge in [-0.25, -0.2) is 0 Å². The lowest BCUT2D eigenvalue weighted by Crippen LogP contribution is -2.85. The maximum absolute atomic E-state index is 15.2. The van der Waals surface area contributed by atoms with Gasteiger partial charge in [-0.1, -0.05) is 72.4 Å². The van der Waals surface area contributed by atoms with Gasteiger partial charge in [0.2, 0.25) is 0 Å². The van der Waals surface area contributed by atoms with E-state index in [-0.39, 0.29) is 101 Å². The van der Waals surface area contributed by atoms with Crippen LogP contribution in [0.15, 0.2) is 78.4 Å². The van der Waals surface area contributed by atoms with E-state index in [2.05, 4.69) is 47.5 Å². The zero-order chi connectivity index (χ0) is 44.0. The molecule has 4 saturated carbocycles. The first-order valence-corrected chi connectivity index (χ1v) is 24.1. The van der Waals surface area contributed by atoms with Crippen LogP contribution in [0, 0.1) is 64.1 Å². The molecule has 9 heteroatoms. The van der Waals surface area contributed by atoms with Crippen LogP contribution >= 0.6 is 0 Å². The van der Waals surface area contributed by atoms with Crippen LogP contribution in [0.5, 0.6) is 23.0 Å². The Morgan fingerprint density at radius 2 is 1.75 bits per heavy atom. The number of carbonyl (C=O) groups excluding carboxylic acids is 1. The van der Waals surface area contributed by atoms with Crippen molar-refractivity contribution in [2.75, 3.05) is 20.3 Å². The predicted molar refractivity (Wildman–Crippen MR) is 241 cm³/mol. The van der Waals surface area contributed by atoms with Gasteiger partial charge in [0.15, 0.2) is 23.0 Å². The number of aromatic hydroxyl groups is 3. The molecule has 1 heterocycles. The van der Waals surface area contributed by atoms with Crippen LogP contribution in [0.2, 0.25) is 0 Å². The van der Waals surface area contributed by atoms with Gasteiger partial charge in [0.25, 0.3) is 0 Å². The van der Waals surface area contributed by atoms with Gasteiger partial charge in [0.05, 0.1) is 19.3 Å². The van der Waals surface area contributed by atoms with Crippen molar-refractivity contribution in [1.82, 2.24) is 5.32 Å². The molecule has 9 aliphatic rings. The highest BCUT2D eigenvalue weighted by molar-refractivity contribution is 5.81. The number of piperidine rings is 1. The number of nitrogens with one attached hydrogen (secondary N) is 1. The lowest BCUT2D eigenvalue weighted by Gasteiger charge is -2.81. The molecule has 3 aromatic carbocycles. The molecule has 9 nitrogen and oxygen atoms in total. The molecule has 5 fully saturated rings. The molecule has 0 amide bonds. The Labute approximate surface area is 375 Å². The maximum atomic E-state index is 15.2. The van der Waals surface area contributed by atoms with Crippen LogP contribution < -0.4 is 10.1 Å². The molecular weight excluding hydrogens is 803 g/mol. The number of ether oxygens (including phenoxy) is 1. The van der Waals surface area contributed by atoms with Gasteiger partial charge in [-0.2, -0.15) is 0 Å². The summed E-state index contributed by atoms with van der Waals surface area (Å²) in [6, 6.07) is 17.2. The number of hydrogen-bond donors (Lipinski definition) is 7. The normalized spacial score (nSPS) is 41.7. The second-order valence-electron chi connectivity index (χ2n) is 21.7. The average molecular weight is 864 g/mol. The quantitative estimate of drug-likeness (QED) is 0.0728. The number of fused-ring (bicyclic) bond motifs is 3. The van der Waals surface area contributed by atoms with Crippen molar-refractivity contribution in [3.8, 4) is 34.8 Å². The summed E-state index contributed by atoms with van der Waals surface area (Å²) in [5.41, 5.74) is 2.98. The van der Waals surface area contributed by atoms with Crippen LogP contribution in [0.3, 0.4) is 0 Å². The number of phenolic OH excluding ortho intramolecular Hbond substituents is 3. The minimum atomic E-state index is -1.44. The van der Waals surface area contributed by atoms with Crippen molar-refractivity contribution in [2.24, 2.45) is 52.3 Å². The fourth-order valence-corrected chi connectivity index (χ4v) is 17.6. The van der Waals surface area contributed by atoms with Crippen molar-refractivity contribution in [3.63, 3.8) is 0 Å². The predicted octanol–water partition coefficient (Wildman–Crippen LogP) is 7.46. The third-order valence-corrected chi connectivity index (χ3v) is 19.5. The van der Waals surface area contributed by atoms with Crippen LogP contribution in [0.1, 0.15) is 110 Å². The molecule has 14 atom stereocenters. The Kier molecular flexibility index (Phi) is 9.08. The highest BCUT2D eigenvalue weighted by atomic mass is 16.5. The monoisotopic (exact) mass is 863 g/mol. The number of Topliss-reactive ketones (excluding diaryl/α,β-unsaturated/α-hetero) is 1. The minimum absolute atomic E-state index is 0.00495. The first-order valence-electron chi connectivity index (χ1n) is 24.1. The van der Waals surface area contributed by atoms with E-state index in [1.165, 1.54) is 18.7 Å². The van der Waals surface area contributed by atoms with Gasteiger partial charge >= 0.3 is 0 Å². The molecule has 3 aromatic rings. The summed E-state index contributed by atoms with van der Waals surface area (Å²) in [5, 5.41) is 73.4. The van der Waals surface area contributed by atoms with Gasteiger partial charge in [-0.05, 0) is 139 Å². The van der Waals surface area contributed by atoms with Crippen LogP contribution in [-0.2, 0) is 23.2 Å². The minimum Gasteiger partial charge on any atom is -0.504 e. The number of rotatable bonds is 7. The largest absolute Gasteiger partial charge is 0.504 e. The van der Waals surface area contributed by atoms with Crippen molar-refractivity contribution in [3.05, 3.63) is 106 Å². The number of allylic oxidation sites excluding steroid dienone is 4. The number of phenols is 3. The van der Waals surface area contributed by atoms with Crippen LogP contribution in [0.4, 0.5) is 0 Å². The van der Waals surface area contributed by atoms with E-state index in [0.29, 0.717) is 49.3 Å². The summed E-state index contributed by atoms with van der Waals surface area (Å²) in [6.45, 7) is 0.299. The van der Waals surface area contributed by atoms with E-state index in [1.807, 2.05) is 30.3 Å². The van der Waals surface area contributed by atoms with E-state index in [1.54, 1.807) is 6.07 Å². The number of benzene rings is 3. The standard InChI is InChI=1S/C55H61NO8/c1-64-48-23-40(35(29-58)19-47(48)62)39-21-38(59)27-52(63)15-16-53-26-37-12-11-32(13-17-57)42-20-36-8-5-14-51(36)30-54(37,42)49-25-43(51)41-22-45(60)46(61)24-44(41)55(49,53)50(52)34(28-56-53)10-9-33(39)18-31-6-3-2-4-7-31/h2-4,6-7,11-12,19-20,22-24,32-34,36-37,39,43,49-50,56-58,60-63H,5,8,13-18,21,25-30H2,1H3. The van der Waals surface area contributed by atoms with Gasteiger partial charge in [-0.15, -0.1) is 0 Å². The third-order valence-electron chi connectivity index (χ3n) is 19.5. The van der Waals surface area contributed by atoms with Crippen molar-refractivity contribution in [1.29, 1.82) is 0 Å². The zero-order valence-electron chi connectivity index (χ0n) is 36.7. The topological polar surface area (TPSA) is 160 Å². The number of methoxy groups -OCH3 is 1. The summed E-state index contributed by atoms with van der Waals surface area (Å²) in [4.78, 5) is 15.2. The molecule has 334 valence electrons. The molecule has 1 aliphatic heterocycles. The summed E-state index contributed by atoms with van der Waals surface area (Å²) < 4.78 is 5.59. The summed E-state index contributed by atoms with van der Waals surface area (Å²) in [6.07, 6.45) is 16.0. The van der Waals surface area contributed by atoms with Gasteiger partial charge in [0, 0.05) is 72.0 Å². The highest BCUT2D eigenvalue weighted by Crippen LogP contribution is 2.84. The Hall–Kier alpha value is -4.59. The number of ketones is 1. The fourth-order valence-electron chi connectivity index (χ4n) is 17.6. The van der Waals surface area contributed by atoms with Gasteiger partial charge in [0.1, 0.15) is 5.78 Å². The third kappa shape index (κ3) is 5.20. The zero-order valence-corrected chi connectivity index (χ0v) is 36.7. The van der Waals surface area contributed by atoms with E-state index < -0.39 is 28.4 Å². The Bertz CT molecular complexity index is 2580. The smallest absolute Gasteiger partial charge is 0.160 e. The lowest BCUT2D eigenvalue weighted by atomic mass is 9.24. The Morgan fingerprint density at radius 3 is 2.55 bits per heavy atom. The van der Waals surface area contributed by atoms with Crippen LogP contribution in [-0.4, -0.2) is 67.8 Å². The molecule has 3 spiro atoms. The van der Waals surface area contributed by atoms with E-state index in [0.717, 1.165) is 55.2 Å². The molecule has 12 rings (SSSR count). The first kappa shape index (κ1) is 40.9. The van der Waals surface area contributed by atoms with Crippen molar-refractivity contribution in [2.45, 2.75) is 112 Å². The van der Waals surface area contributed by atoms with E-state index in [4.69, 9.17) is 4.74 Å². The molecule has 6 bridgehead atoms. The summed E-state index contributed by atoms with van der Waals surface area (Å²) in [5.74, 6) is 6.84. The Morgan fingerprint density at radius 1 is 0.922 bits per heavy atom. The number of aliphatic hydroxyl groups is 3. The van der Waals surface area contributed by atoms with E-state index in [9.17, 15) is 30.6 Å². The Balaban J connectivity index is 1.11. The number of carbonyl (C=O) groups is 1. The fraction of sp³-hybridized carbons (Fsp3) is 0.545. The molecule has 1 saturated heterocycles. The molecular formula is C55H61NO8. The molecule has 64 heavy (non-hydrogen) atoms. The van der Waals surface area contributed by atoms with Crippen molar-refractivity contribution < 1.29 is 40.2 Å². The summed E-state index contributed by atoms with van der Waals surface area (Å²) >= 11 is 0. The van der Waals surface area contributed by atoms with Gasteiger partial charge < -0.3 is 40.7 Å². The van der Waals surface area contributed by atoms with Crippen LogP contribution in [0.25, 0.3) is 0 Å². The summed E-state index contributed by atoms with van der Waals surface area (Å²) in [7, 11) is 1.49. The van der Waals surface area contributed by atoms with E-state index >= 15 is 4.79 Å².